The van der Waals surface area contributed by atoms with Gasteiger partial charge < -0.3 is 10.1 Å². The van der Waals surface area contributed by atoms with Crippen molar-refractivity contribution in [2.24, 2.45) is 0 Å². The second-order valence-electron chi connectivity index (χ2n) is 7.27. The van der Waals surface area contributed by atoms with Crippen LogP contribution in [0, 0.1) is 13.8 Å². The fraction of sp³-hybridized carbons (Fsp3) is 0.167. The predicted molar refractivity (Wildman–Crippen MR) is 134 cm³/mol. The van der Waals surface area contributed by atoms with Crippen molar-refractivity contribution in [2.75, 3.05) is 16.6 Å². The highest BCUT2D eigenvalue weighted by Gasteiger charge is 2.16. The Labute approximate surface area is 199 Å². The highest BCUT2D eigenvalue weighted by Crippen LogP contribution is 2.21. The summed E-state index contributed by atoms with van der Waals surface area (Å²) in [6.07, 6.45) is 0. The van der Waals surface area contributed by atoms with Gasteiger partial charge in [0.2, 0.25) is 0 Å². The van der Waals surface area contributed by atoms with Crippen molar-refractivity contribution in [3.8, 4) is 5.75 Å². The Morgan fingerprint density at radius 2 is 1.61 bits per heavy atom. The summed E-state index contributed by atoms with van der Waals surface area (Å²) in [6.45, 7) is 6.15. The molecule has 0 spiro atoms. The van der Waals surface area contributed by atoms with Gasteiger partial charge in [0.25, 0.3) is 15.9 Å². The SMILES string of the molecule is CCOc1ccccc1C(=O)NC(=S)Nc1ccc(S(=O)(=O)Nc2ccc(C)c(C)c2)cc1. The third-order valence-electron chi connectivity index (χ3n) is 4.84. The minimum absolute atomic E-state index is 0.0789. The van der Waals surface area contributed by atoms with Crippen LogP contribution in [-0.4, -0.2) is 26.0 Å². The van der Waals surface area contributed by atoms with Crippen LogP contribution in [0.5, 0.6) is 5.75 Å². The molecule has 0 saturated carbocycles. The van der Waals surface area contributed by atoms with E-state index in [4.69, 9.17) is 17.0 Å². The number of thiocarbonyl (C=S) groups is 1. The van der Waals surface area contributed by atoms with Crippen LogP contribution < -0.4 is 20.1 Å². The number of anilines is 2. The second kappa shape index (κ2) is 10.5. The minimum atomic E-state index is -3.75. The molecule has 0 radical (unpaired) electrons. The van der Waals surface area contributed by atoms with E-state index in [1.54, 1.807) is 48.5 Å². The maximum absolute atomic E-state index is 12.7. The lowest BCUT2D eigenvalue weighted by atomic mass is 10.1. The van der Waals surface area contributed by atoms with Crippen molar-refractivity contribution in [3.05, 3.63) is 83.4 Å². The molecule has 0 saturated heterocycles. The largest absolute Gasteiger partial charge is 0.493 e. The number of amides is 1. The molecule has 0 unspecified atom stereocenters. The van der Waals surface area contributed by atoms with E-state index < -0.39 is 15.9 Å². The van der Waals surface area contributed by atoms with Gasteiger partial charge in [-0.15, -0.1) is 0 Å². The average Bonchev–Trinajstić information content (AvgIpc) is 2.77. The number of sulfonamides is 1. The maximum atomic E-state index is 12.7. The highest BCUT2D eigenvalue weighted by molar-refractivity contribution is 7.92. The lowest BCUT2D eigenvalue weighted by molar-refractivity contribution is 0.0974. The normalized spacial score (nSPS) is 10.9. The Morgan fingerprint density at radius 1 is 0.939 bits per heavy atom. The molecule has 0 aliphatic rings. The van der Waals surface area contributed by atoms with E-state index in [2.05, 4.69) is 15.4 Å². The summed E-state index contributed by atoms with van der Waals surface area (Å²) in [5.74, 6) is 0.0551. The van der Waals surface area contributed by atoms with E-state index in [1.807, 2.05) is 26.8 Å². The van der Waals surface area contributed by atoms with Crippen LogP contribution in [0.4, 0.5) is 11.4 Å². The van der Waals surface area contributed by atoms with Crippen molar-refractivity contribution >= 4 is 44.6 Å². The van der Waals surface area contributed by atoms with Gasteiger partial charge in [-0.25, -0.2) is 8.42 Å². The number of para-hydroxylation sites is 1. The van der Waals surface area contributed by atoms with Gasteiger partial charge in [-0.05, 0) is 92.6 Å². The van der Waals surface area contributed by atoms with Crippen LogP contribution in [-0.2, 0) is 10.0 Å². The monoisotopic (exact) mass is 483 g/mol. The molecule has 0 fully saturated rings. The van der Waals surface area contributed by atoms with Crippen molar-refractivity contribution < 1.29 is 17.9 Å². The van der Waals surface area contributed by atoms with Crippen molar-refractivity contribution in [1.82, 2.24) is 5.32 Å². The van der Waals surface area contributed by atoms with Gasteiger partial charge in [-0.3, -0.25) is 14.8 Å². The predicted octanol–water partition coefficient (Wildman–Crippen LogP) is 4.63. The molecule has 172 valence electrons. The molecule has 33 heavy (non-hydrogen) atoms. The fourth-order valence-corrected chi connectivity index (χ4v) is 4.26. The third-order valence-corrected chi connectivity index (χ3v) is 6.44. The molecule has 0 heterocycles. The molecule has 3 N–H and O–H groups in total. The van der Waals surface area contributed by atoms with Crippen LogP contribution in [0.1, 0.15) is 28.4 Å². The molecule has 3 rings (SSSR count). The first-order valence-corrected chi connectivity index (χ1v) is 12.1. The Balaban J connectivity index is 1.64. The molecule has 3 aromatic carbocycles. The Kier molecular flexibility index (Phi) is 7.67. The number of aryl methyl sites for hydroxylation is 2. The van der Waals surface area contributed by atoms with E-state index in [1.165, 1.54) is 12.1 Å². The van der Waals surface area contributed by atoms with Crippen molar-refractivity contribution in [1.29, 1.82) is 0 Å². The van der Waals surface area contributed by atoms with Gasteiger partial charge in [-0.2, -0.15) is 0 Å². The Bertz CT molecular complexity index is 1270. The highest BCUT2D eigenvalue weighted by atomic mass is 32.2. The minimum Gasteiger partial charge on any atom is -0.493 e. The summed E-state index contributed by atoms with van der Waals surface area (Å²) in [5, 5.41) is 5.56. The molecule has 9 heteroatoms. The van der Waals surface area contributed by atoms with Gasteiger partial charge in [0.05, 0.1) is 17.1 Å². The second-order valence-corrected chi connectivity index (χ2v) is 9.36. The first kappa shape index (κ1) is 24.2. The molecule has 1 amide bonds. The number of carbonyl (C=O) groups excluding carboxylic acids is 1. The van der Waals surface area contributed by atoms with E-state index in [0.29, 0.717) is 29.3 Å². The molecule has 0 aliphatic heterocycles. The summed E-state index contributed by atoms with van der Waals surface area (Å²) in [6, 6.07) is 18.3. The number of hydrogen-bond donors (Lipinski definition) is 3. The number of benzene rings is 3. The number of nitrogens with one attached hydrogen (secondary N) is 3. The maximum Gasteiger partial charge on any atom is 0.261 e. The van der Waals surface area contributed by atoms with E-state index >= 15 is 0 Å². The quantitative estimate of drug-likeness (QED) is 0.424. The van der Waals surface area contributed by atoms with E-state index in [9.17, 15) is 13.2 Å². The zero-order valence-electron chi connectivity index (χ0n) is 18.5. The zero-order valence-corrected chi connectivity index (χ0v) is 20.1. The third kappa shape index (κ3) is 6.30. The summed E-state index contributed by atoms with van der Waals surface area (Å²) < 4.78 is 33.4. The van der Waals surface area contributed by atoms with Gasteiger partial charge >= 0.3 is 0 Å². The van der Waals surface area contributed by atoms with Gasteiger partial charge in [-0.1, -0.05) is 18.2 Å². The fourth-order valence-electron chi connectivity index (χ4n) is 3.00. The summed E-state index contributed by atoms with van der Waals surface area (Å²) in [4.78, 5) is 12.6. The topological polar surface area (TPSA) is 96.5 Å². The average molecular weight is 484 g/mol. The summed E-state index contributed by atoms with van der Waals surface area (Å²) >= 11 is 5.22. The lowest BCUT2D eigenvalue weighted by Gasteiger charge is -2.13. The van der Waals surface area contributed by atoms with Gasteiger partial charge in [0.1, 0.15) is 5.75 Å². The van der Waals surface area contributed by atoms with Crippen LogP contribution in [0.3, 0.4) is 0 Å². The van der Waals surface area contributed by atoms with Crippen LogP contribution >= 0.6 is 12.2 Å². The Hall–Kier alpha value is -3.43. The van der Waals surface area contributed by atoms with Crippen molar-refractivity contribution in [3.63, 3.8) is 0 Å². The molecule has 0 atom stereocenters. The smallest absolute Gasteiger partial charge is 0.261 e. The summed E-state index contributed by atoms with van der Waals surface area (Å²) in [7, 11) is -3.75. The van der Waals surface area contributed by atoms with Gasteiger partial charge in [0, 0.05) is 11.4 Å². The van der Waals surface area contributed by atoms with Crippen LogP contribution in [0.2, 0.25) is 0 Å². The van der Waals surface area contributed by atoms with E-state index in [-0.39, 0.29) is 10.0 Å². The number of carbonyl (C=O) groups is 1. The standard InChI is InChI=1S/C24H25N3O4S2/c1-4-31-22-8-6-5-7-21(22)23(28)26-24(32)25-18-11-13-20(14-12-18)33(29,30)27-19-10-9-16(2)17(3)15-19/h5-15,27H,4H2,1-3H3,(H2,25,26,28,32). The molecular weight excluding hydrogens is 458 g/mol. The lowest BCUT2D eigenvalue weighted by Crippen LogP contribution is -2.34. The molecule has 3 aromatic rings. The molecule has 0 bridgehead atoms. The number of rotatable bonds is 7. The zero-order chi connectivity index (χ0) is 24.0. The van der Waals surface area contributed by atoms with Gasteiger partial charge in [0.15, 0.2) is 5.11 Å². The first-order valence-electron chi connectivity index (χ1n) is 10.2. The van der Waals surface area contributed by atoms with E-state index in [0.717, 1.165) is 11.1 Å². The van der Waals surface area contributed by atoms with Crippen LogP contribution in [0.25, 0.3) is 0 Å². The Morgan fingerprint density at radius 3 is 2.27 bits per heavy atom. The van der Waals surface area contributed by atoms with Crippen molar-refractivity contribution in [2.45, 2.75) is 25.7 Å². The molecule has 0 aliphatic carbocycles. The molecule has 0 aromatic heterocycles. The number of hydrogen-bond acceptors (Lipinski definition) is 5. The molecular formula is C24H25N3O4S2. The molecule has 7 nitrogen and oxygen atoms in total. The summed E-state index contributed by atoms with van der Waals surface area (Å²) in [5.41, 5.74) is 3.47. The number of ether oxygens (including phenoxy) is 1. The first-order chi connectivity index (χ1) is 15.7. The van der Waals surface area contributed by atoms with Crippen LogP contribution in [0.15, 0.2) is 71.6 Å².